The fourth-order valence-corrected chi connectivity index (χ4v) is 4.97. The number of pyridine rings is 2. The highest BCUT2D eigenvalue weighted by Gasteiger charge is 2.30. The minimum Gasteiger partial charge on any atom is -0.486 e. The summed E-state index contributed by atoms with van der Waals surface area (Å²) in [6, 6.07) is 13.7. The van der Waals surface area contributed by atoms with Crippen molar-refractivity contribution in [2.75, 3.05) is 46.5 Å². The quantitative estimate of drug-likeness (QED) is 0.258. The maximum Gasteiger partial charge on any atom is 0.335 e. The number of ether oxygens (including phenoxy) is 3. The molecule has 0 spiro atoms. The van der Waals surface area contributed by atoms with Crippen molar-refractivity contribution in [3.8, 4) is 17.4 Å². The monoisotopic (exact) mass is 590 g/mol. The molecule has 1 fully saturated rings. The third-order valence-electron chi connectivity index (χ3n) is 7.22. The van der Waals surface area contributed by atoms with E-state index in [-0.39, 0.29) is 11.5 Å². The van der Waals surface area contributed by atoms with Crippen LogP contribution in [0.1, 0.15) is 16.1 Å². The van der Waals surface area contributed by atoms with Gasteiger partial charge in [-0.1, -0.05) is 18.2 Å². The van der Waals surface area contributed by atoms with Gasteiger partial charge in [0.1, 0.15) is 18.7 Å². The van der Waals surface area contributed by atoms with Gasteiger partial charge in [0, 0.05) is 57.3 Å². The first-order valence-corrected chi connectivity index (χ1v) is 14.0. The summed E-state index contributed by atoms with van der Waals surface area (Å²) in [5.41, 5.74) is 2.12. The smallest absolute Gasteiger partial charge is 0.335 e. The summed E-state index contributed by atoms with van der Waals surface area (Å²) in [7, 11) is 1.54. The lowest BCUT2D eigenvalue weighted by Gasteiger charge is -2.19. The SMILES string of the molecule is COc1ccc2ncc(=O)n(CCN3C[C@H](CNCc4cc5c(cn4)OCCO5)[C@H](O)C3)c2n1.O=C(O)c1ccccc1. The molecule has 0 amide bonds. The molecule has 6 rings (SSSR count). The molecule has 0 saturated carbocycles. The van der Waals surface area contributed by atoms with Crippen molar-refractivity contribution in [1.29, 1.82) is 0 Å². The van der Waals surface area contributed by atoms with Crippen LogP contribution in [0, 0.1) is 5.92 Å². The van der Waals surface area contributed by atoms with Crippen molar-refractivity contribution in [3.63, 3.8) is 0 Å². The molecular formula is C30H34N6O7. The highest BCUT2D eigenvalue weighted by Crippen LogP contribution is 2.29. The Balaban J connectivity index is 0.000000351. The van der Waals surface area contributed by atoms with Crippen LogP contribution in [0.25, 0.3) is 11.2 Å². The zero-order chi connectivity index (χ0) is 30.2. The molecule has 1 saturated heterocycles. The Bertz CT molecular complexity index is 1600. The number of hydrogen-bond donors (Lipinski definition) is 3. The van der Waals surface area contributed by atoms with E-state index in [4.69, 9.17) is 19.3 Å². The van der Waals surface area contributed by atoms with Crippen LogP contribution in [0.15, 0.2) is 65.7 Å². The van der Waals surface area contributed by atoms with Crippen LogP contribution in [0.3, 0.4) is 0 Å². The summed E-state index contributed by atoms with van der Waals surface area (Å²) < 4.78 is 17.9. The second-order valence-electron chi connectivity index (χ2n) is 10.2. The van der Waals surface area contributed by atoms with Gasteiger partial charge in [0.25, 0.3) is 5.56 Å². The minimum atomic E-state index is -0.879. The summed E-state index contributed by atoms with van der Waals surface area (Å²) in [6.07, 6.45) is 2.56. The summed E-state index contributed by atoms with van der Waals surface area (Å²) in [6.45, 7) is 4.68. The normalized spacial score (nSPS) is 17.7. The van der Waals surface area contributed by atoms with Crippen molar-refractivity contribution in [2.45, 2.75) is 19.2 Å². The highest BCUT2D eigenvalue weighted by atomic mass is 16.6. The number of aromatic carboxylic acids is 1. The third-order valence-corrected chi connectivity index (χ3v) is 7.22. The largest absolute Gasteiger partial charge is 0.486 e. The minimum absolute atomic E-state index is 0.0846. The molecule has 2 aliphatic heterocycles. The predicted octanol–water partition coefficient (Wildman–Crippen LogP) is 1.43. The van der Waals surface area contributed by atoms with Gasteiger partial charge in [0.2, 0.25) is 5.88 Å². The van der Waals surface area contributed by atoms with Crippen molar-refractivity contribution in [1.82, 2.24) is 29.7 Å². The number of nitrogens with zero attached hydrogens (tertiary/aromatic N) is 5. The number of aromatic nitrogens is 4. The number of carbonyl (C=O) groups is 1. The van der Waals surface area contributed by atoms with E-state index in [1.54, 1.807) is 53.2 Å². The van der Waals surface area contributed by atoms with E-state index in [1.165, 1.54) is 13.3 Å². The Labute approximate surface area is 247 Å². The molecule has 43 heavy (non-hydrogen) atoms. The number of hydrogen-bond acceptors (Lipinski definition) is 11. The maximum atomic E-state index is 12.5. The summed E-state index contributed by atoms with van der Waals surface area (Å²) in [5.74, 6) is 1.03. The molecule has 13 nitrogen and oxygen atoms in total. The maximum absolute atomic E-state index is 12.5. The average Bonchev–Trinajstić information content (AvgIpc) is 3.39. The summed E-state index contributed by atoms with van der Waals surface area (Å²) in [4.78, 5) is 37.8. The van der Waals surface area contributed by atoms with Gasteiger partial charge in [0.05, 0.1) is 36.9 Å². The Morgan fingerprint density at radius 2 is 1.84 bits per heavy atom. The van der Waals surface area contributed by atoms with Crippen molar-refractivity contribution in [2.24, 2.45) is 5.92 Å². The molecule has 0 aliphatic carbocycles. The molecule has 5 heterocycles. The Morgan fingerprint density at radius 1 is 1.05 bits per heavy atom. The number of methoxy groups -OCH3 is 1. The van der Waals surface area contributed by atoms with Crippen LogP contribution in [0.2, 0.25) is 0 Å². The zero-order valence-corrected chi connectivity index (χ0v) is 23.8. The number of rotatable bonds is 9. The first kappa shape index (κ1) is 29.9. The van der Waals surface area contributed by atoms with E-state index in [9.17, 15) is 14.7 Å². The van der Waals surface area contributed by atoms with Crippen LogP contribution in [0.5, 0.6) is 17.4 Å². The van der Waals surface area contributed by atoms with Crippen LogP contribution in [-0.4, -0.2) is 93.2 Å². The molecule has 0 bridgehead atoms. The molecule has 13 heteroatoms. The fourth-order valence-electron chi connectivity index (χ4n) is 4.97. The van der Waals surface area contributed by atoms with E-state index < -0.39 is 12.1 Å². The van der Waals surface area contributed by atoms with Gasteiger partial charge in [-0.15, -0.1) is 0 Å². The van der Waals surface area contributed by atoms with E-state index in [1.807, 2.05) is 6.07 Å². The van der Waals surface area contributed by atoms with Gasteiger partial charge in [-0.25, -0.2) is 9.78 Å². The van der Waals surface area contributed by atoms with E-state index in [0.29, 0.717) is 74.3 Å². The first-order chi connectivity index (χ1) is 20.9. The highest BCUT2D eigenvalue weighted by molar-refractivity contribution is 5.87. The Morgan fingerprint density at radius 3 is 2.58 bits per heavy atom. The third kappa shape index (κ3) is 7.63. The molecule has 2 atom stereocenters. The van der Waals surface area contributed by atoms with E-state index >= 15 is 0 Å². The fraction of sp³-hybridized carbons (Fsp3) is 0.367. The number of β-amino-alcohol motifs (C(OH)–C–C–N with tert-alkyl or cyclic N) is 1. The molecule has 2 aliphatic rings. The number of nitrogens with one attached hydrogen (secondary N) is 1. The van der Waals surface area contributed by atoms with Gasteiger partial charge in [-0.3, -0.25) is 19.2 Å². The van der Waals surface area contributed by atoms with Crippen molar-refractivity contribution < 1.29 is 29.2 Å². The molecule has 1 aromatic carbocycles. The Kier molecular flexibility index (Phi) is 9.77. The lowest BCUT2D eigenvalue weighted by atomic mass is 10.1. The van der Waals surface area contributed by atoms with Gasteiger partial charge >= 0.3 is 5.97 Å². The van der Waals surface area contributed by atoms with Crippen molar-refractivity contribution >= 4 is 17.1 Å². The van der Waals surface area contributed by atoms with Crippen LogP contribution in [-0.2, 0) is 13.1 Å². The predicted molar refractivity (Wildman–Crippen MR) is 157 cm³/mol. The van der Waals surface area contributed by atoms with Gasteiger partial charge in [-0.2, -0.15) is 4.98 Å². The van der Waals surface area contributed by atoms with Crippen LogP contribution in [0.4, 0.5) is 0 Å². The van der Waals surface area contributed by atoms with Crippen molar-refractivity contribution in [3.05, 3.63) is 82.5 Å². The van der Waals surface area contributed by atoms with Gasteiger partial charge < -0.3 is 29.7 Å². The number of carboxylic acids is 1. The number of aliphatic hydroxyl groups is 1. The average molecular weight is 591 g/mol. The molecule has 4 aromatic rings. The Hall–Kier alpha value is -4.59. The molecule has 226 valence electrons. The second-order valence-corrected chi connectivity index (χ2v) is 10.2. The van der Waals surface area contributed by atoms with Crippen LogP contribution < -0.4 is 25.1 Å². The molecular weight excluding hydrogens is 556 g/mol. The van der Waals surface area contributed by atoms with Crippen LogP contribution >= 0.6 is 0 Å². The second kappa shape index (κ2) is 14.1. The number of likely N-dealkylation sites (tertiary alicyclic amines) is 1. The summed E-state index contributed by atoms with van der Waals surface area (Å²) in [5, 5.41) is 22.3. The lowest BCUT2D eigenvalue weighted by molar-refractivity contribution is 0.0697. The van der Waals surface area contributed by atoms with E-state index in [2.05, 4.69) is 25.2 Å². The zero-order valence-electron chi connectivity index (χ0n) is 23.8. The molecule has 0 radical (unpaired) electrons. The lowest BCUT2D eigenvalue weighted by Crippen LogP contribution is -2.31. The number of fused-ring (bicyclic) bond motifs is 2. The van der Waals surface area contributed by atoms with Gasteiger partial charge in [-0.05, 0) is 18.2 Å². The first-order valence-electron chi connectivity index (χ1n) is 14.0. The van der Waals surface area contributed by atoms with Gasteiger partial charge in [0.15, 0.2) is 17.1 Å². The summed E-state index contributed by atoms with van der Waals surface area (Å²) >= 11 is 0. The standard InChI is InChI=1S/C23H28N6O5.C7H6O2/c1-32-21-3-2-17-23(27-21)29(22(31)12-26-17)5-4-28-13-15(18(30)14-28)9-24-10-16-8-19-20(11-25-16)34-7-6-33-19;8-7(9)6-4-2-1-3-5-6/h2-3,8,11-12,15,18,24,30H,4-7,9-10,13-14H2,1H3;1-5H,(H,8,9)/t15-,18+;/m0./s1. The molecule has 3 aromatic heterocycles. The molecule has 3 N–H and O–H groups in total. The number of aliphatic hydroxyl groups excluding tert-OH is 1. The number of benzene rings is 1. The van der Waals surface area contributed by atoms with E-state index in [0.717, 1.165) is 18.0 Å². The number of carboxylic acid groups (broad SMARTS) is 1. The molecule has 0 unspecified atom stereocenters. The topological polar surface area (TPSA) is 161 Å².